The van der Waals surface area contributed by atoms with Gasteiger partial charge < -0.3 is 9.84 Å². The summed E-state index contributed by atoms with van der Waals surface area (Å²) in [6.07, 6.45) is 4.74. The van der Waals surface area contributed by atoms with Crippen LogP contribution in [0.1, 0.15) is 32.9 Å². The Bertz CT molecular complexity index is 798. The summed E-state index contributed by atoms with van der Waals surface area (Å²) in [6, 6.07) is 7.79. The van der Waals surface area contributed by atoms with Gasteiger partial charge in [-0.2, -0.15) is 0 Å². The lowest BCUT2D eigenvalue weighted by Crippen LogP contribution is -2.59. The highest BCUT2D eigenvalue weighted by molar-refractivity contribution is 5.83. The number of aromatic nitrogens is 1. The Morgan fingerprint density at radius 1 is 1.37 bits per heavy atom. The minimum atomic E-state index is -0.288. The van der Waals surface area contributed by atoms with Gasteiger partial charge in [-0.05, 0) is 43.5 Å². The van der Waals surface area contributed by atoms with Crippen molar-refractivity contribution in [3.8, 4) is 11.3 Å². The molecule has 6 heteroatoms. The largest absolute Gasteiger partial charge is 0.356 e. The van der Waals surface area contributed by atoms with Crippen molar-refractivity contribution in [1.82, 2.24) is 15.4 Å². The maximum Gasteiger partial charge on any atom is 0.237 e. The molecule has 1 N–H and O–H groups in total. The average molecular weight is 371 g/mol. The van der Waals surface area contributed by atoms with Crippen molar-refractivity contribution in [1.29, 1.82) is 0 Å². The summed E-state index contributed by atoms with van der Waals surface area (Å²) in [5.41, 5.74) is 1.54. The second-order valence-corrected chi connectivity index (χ2v) is 7.41. The van der Waals surface area contributed by atoms with Crippen molar-refractivity contribution in [2.75, 3.05) is 6.54 Å². The number of carbonyl (C=O) groups excluding carboxylic acids is 1. The van der Waals surface area contributed by atoms with E-state index in [1.165, 1.54) is 12.1 Å². The lowest BCUT2D eigenvalue weighted by Gasteiger charge is -2.38. The third kappa shape index (κ3) is 4.83. The summed E-state index contributed by atoms with van der Waals surface area (Å²) in [4.78, 5) is 14.8. The lowest BCUT2D eigenvalue weighted by atomic mass is 9.98. The Balaban J connectivity index is 1.78. The molecule has 0 radical (unpaired) electrons. The number of allylic oxidation sites excluding steroid dienone is 1. The standard InChI is InChI=1S/C21H26FN3O2/c1-4-5-17-12-25(19(10-14(2)3)21(26)23-17)13-18-11-20(27-24-18)15-6-8-16(22)9-7-15/h4-9,11,14,17,19H,10,12-13H2,1-3H3,(H,23,26)/t17-,19-/m0/s1. The van der Waals surface area contributed by atoms with Crippen LogP contribution in [0.15, 0.2) is 47.0 Å². The monoisotopic (exact) mass is 371 g/mol. The lowest BCUT2D eigenvalue weighted by molar-refractivity contribution is -0.131. The van der Waals surface area contributed by atoms with Gasteiger partial charge in [-0.1, -0.05) is 31.2 Å². The quantitative estimate of drug-likeness (QED) is 0.786. The molecule has 3 rings (SSSR count). The van der Waals surface area contributed by atoms with Crippen LogP contribution in [0.25, 0.3) is 11.3 Å². The molecule has 1 aliphatic rings. The first-order valence-electron chi connectivity index (χ1n) is 9.35. The molecule has 1 fully saturated rings. The van der Waals surface area contributed by atoms with Crippen molar-refractivity contribution < 1.29 is 13.7 Å². The Morgan fingerprint density at radius 3 is 2.78 bits per heavy atom. The highest BCUT2D eigenvalue weighted by atomic mass is 19.1. The smallest absolute Gasteiger partial charge is 0.237 e. The van der Waals surface area contributed by atoms with Gasteiger partial charge in [0.25, 0.3) is 0 Å². The SMILES string of the molecule is CC=C[C@H]1CN(Cc2cc(-c3ccc(F)cc3)on2)[C@@H](CC(C)C)C(=O)N1. The topological polar surface area (TPSA) is 58.4 Å². The molecular weight excluding hydrogens is 345 g/mol. The number of nitrogens with one attached hydrogen (secondary N) is 1. The number of benzene rings is 1. The third-order valence-corrected chi connectivity index (χ3v) is 4.67. The molecule has 1 saturated heterocycles. The van der Waals surface area contributed by atoms with Crippen LogP contribution in [0.3, 0.4) is 0 Å². The van der Waals surface area contributed by atoms with Gasteiger partial charge in [0.1, 0.15) is 5.82 Å². The molecule has 5 nitrogen and oxygen atoms in total. The molecule has 0 spiro atoms. The summed E-state index contributed by atoms with van der Waals surface area (Å²) in [6.45, 7) is 7.44. The molecule has 2 heterocycles. The molecule has 27 heavy (non-hydrogen) atoms. The number of hydrogen-bond donors (Lipinski definition) is 1. The fraction of sp³-hybridized carbons (Fsp3) is 0.429. The number of nitrogens with zero attached hydrogens (tertiary/aromatic N) is 2. The van der Waals surface area contributed by atoms with Crippen LogP contribution < -0.4 is 5.32 Å². The van der Waals surface area contributed by atoms with Crippen LogP contribution in [0.2, 0.25) is 0 Å². The number of amides is 1. The predicted molar refractivity (Wildman–Crippen MR) is 102 cm³/mol. The number of hydrogen-bond acceptors (Lipinski definition) is 4. The van der Waals surface area contributed by atoms with Crippen molar-refractivity contribution in [2.24, 2.45) is 5.92 Å². The summed E-state index contributed by atoms with van der Waals surface area (Å²) >= 11 is 0. The molecular formula is C21H26FN3O2. The van der Waals surface area contributed by atoms with E-state index in [9.17, 15) is 9.18 Å². The summed E-state index contributed by atoms with van der Waals surface area (Å²) < 4.78 is 18.5. The van der Waals surface area contributed by atoms with E-state index in [0.717, 1.165) is 24.2 Å². The summed E-state index contributed by atoms with van der Waals surface area (Å²) in [5.74, 6) is 0.773. The number of piperazine rings is 1. The van der Waals surface area contributed by atoms with E-state index >= 15 is 0 Å². The normalized spacial score (nSPS) is 21.1. The van der Waals surface area contributed by atoms with E-state index in [1.54, 1.807) is 12.1 Å². The highest BCUT2D eigenvalue weighted by Crippen LogP contribution is 2.24. The fourth-order valence-corrected chi connectivity index (χ4v) is 3.43. The Labute approximate surface area is 159 Å². The zero-order valence-corrected chi connectivity index (χ0v) is 16.0. The van der Waals surface area contributed by atoms with Crippen LogP contribution in [-0.2, 0) is 11.3 Å². The third-order valence-electron chi connectivity index (χ3n) is 4.67. The molecule has 144 valence electrons. The average Bonchev–Trinajstić information content (AvgIpc) is 3.07. The minimum Gasteiger partial charge on any atom is -0.356 e. The Hall–Kier alpha value is -2.47. The highest BCUT2D eigenvalue weighted by Gasteiger charge is 2.34. The number of carbonyl (C=O) groups is 1. The van der Waals surface area contributed by atoms with E-state index in [2.05, 4.69) is 29.2 Å². The van der Waals surface area contributed by atoms with Gasteiger partial charge in [-0.3, -0.25) is 9.69 Å². The minimum absolute atomic E-state index is 0.00520. The van der Waals surface area contributed by atoms with Crippen molar-refractivity contribution >= 4 is 5.91 Å². The van der Waals surface area contributed by atoms with Gasteiger partial charge in [0.2, 0.25) is 5.91 Å². The van der Waals surface area contributed by atoms with Gasteiger partial charge >= 0.3 is 0 Å². The first-order chi connectivity index (χ1) is 13.0. The van der Waals surface area contributed by atoms with E-state index < -0.39 is 0 Å². The van der Waals surface area contributed by atoms with Gasteiger partial charge in [0, 0.05) is 24.7 Å². The summed E-state index contributed by atoms with van der Waals surface area (Å²) in [5, 5.41) is 7.24. The zero-order valence-electron chi connectivity index (χ0n) is 16.0. The van der Waals surface area contributed by atoms with Crippen LogP contribution in [0.5, 0.6) is 0 Å². The number of rotatable bonds is 6. The van der Waals surface area contributed by atoms with Crippen LogP contribution in [-0.4, -0.2) is 34.6 Å². The van der Waals surface area contributed by atoms with Gasteiger partial charge in [0.15, 0.2) is 5.76 Å². The molecule has 2 atom stereocenters. The maximum absolute atomic E-state index is 13.1. The molecule has 0 unspecified atom stereocenters. The second kappa shape index (κ2) is 8.48. The zero-order chi connectivity index (χ0) is 19.4. The first-order valence-corrected chi connectivity index (χ1v) is 9.35. The molecule has 1 aromatic carbocycles. The van der Waals surface area contributed by atoms with Crippen LogP contribution >= 0.6 is 0 Å². The molecule has 0 saturated carbocycles. The molecule has 1 aromatic heterocycles. The fourth-order valence-electron chi connectivity index (χ4n) is 3.43. The van der Waals surface area contributed by atoms with Gasteiger partial charge in [-0.25, -0.2) is 4.39 Å². The first kappa shape index (κ1) is 19.3. The van der Waals surface area contributed by atoms with E-state index in [4.69, 9.17) is 4.52 Å². The van der Waals surface area contributed by atoms with Crippen LogP contribution in [0.4, 0.5) is 4.39 Å². The molecule has 1 aliphatic heterocycles. The van der Waals surface area contributed by atoms with Crippen LogP contribution in [0, 0.1) is 11.7 Å². The molecule has 1 amide bonds. The van der Waals surface area contributed by atoms with Crippen molar-refractivity contribution in [2.45, 2.75) is 45.8 Å². The predicted octanol–water partition coefficient (Wildman–Crippen LogP) is 3.77. The van der Waals surface area contributed by atoms with E-state index in [-0.39, 0.29) is 23.8 Å². The molecule has 0 bridgehead atoms. The van der Waals surface area contributed by atoms with E-state index in [1.807, 2.05) is 25.1 Å². The molecule has 2 aromatic rings. The number of halogens is 1. The Kier molecular flexibility index (Phi) is 6.06. The maximum atomic E-state index is 13.1. The van der Waals surface area contributed by atoms with Gasteiger partial charge in [0.05, 0.1) is 17.8 Å². The van der Waals surface area contributed by atoms with E-state index in [0.29, 0.717) is 18.2 Å². The van der Waals surface area contributed by atoms with Crippen molar-refractivity contribution in [3.63, 3.8) is 0 Å². The second-order valence-electron chi connectivity index (χ2n) is 7.41. The summed E-state index contributed by atoms with van der Waals surface area (Å²) in [7, 11) is 0. The van der Waals surface area contributed by atoms with Gasteiger partial charge in [-0.15, -0.1) is 0 Å². The molecule has 0 aliphatic carbocycles. The van der Waals surface area contributed by atoms with Crippen molar-refractivity contribution in [3.05, 3.63) is 54.0 Å². The Morgan fingerprint density at radius 2 is 2.11 bits per heavy atom.